The van der Waals surface area contributed by atoms with E-state index in [2.05, 4.69) is 0 Å². The van der Waals surface area contributed by atoms with Crippen LogP contribution in [0.2, 0.25) is 5.02 Å². The molecule has 0 spiro atoms. The summed E-state index contributed by atoms with van der Waals surface area (Å²) in [5, 5.41) is 9.11. The minimum Gasteiger partial charge on any atom is -0.491 e. The van der Waals surface area contributed by atoms with Gasteiger partial charge in [0.05, 0.1) is 11.6 Å². The molecule has 0 atom stereocenters. The smallest absolute Gasteiger partial charge is 0.328 e. The molecule has 116 valence electrons. The molecule has 0 amide bonds. The van der Waals surface area contributed by atoms with Gasteiger partial charge in [-0.1, -0.05) is 17.7 Å². The average molecular weight is 315 g/mol. The van der Waals surface area contributed by atoms with E-state index < -0.39 is 5.97 Å². The summed E-state index contributed by atoms with van der Waals surface area (Å²) >= 11 is 6.04. The molecule has 0 saturated heterocycles. The molecule has 6 heteroatoms. The standard InChI is InChI=1S/C15H19ClO5/c1-19-8-3-9-20-10-11-21-14-5-2-4-13(16)12(14)6-7-15(17)18/h2,4-7H,3,8-11H2,1H3,(H,17,18)/b7-6+. The maximum Gasteiger partial charge on any atom is 0.328 e. The predicted octanol–water partition coefficient (Wildman–Crippen LogP) is 2.87. The van der Waals surface area contributed by atoms with Crippen LogP contribution in [0.3, 0.4) is 0 Å². The van der Waals surface area contributed by atoms with E-state index in [1.54, 1.807) is 25.3 Å². The second-order valence-corrected chi connectivity index (χ2v) is 4.54. The molecule has 0 saturated carbocycles. The van der Waals surface area contributed by atoms with Crippen molar-refractivity contribution < 1.29 is 24.1 Å². The molecular formula is C15H19ClO5. The molecule has 0 aliphatic rings. The number of halogens is 1. The van der Waals surface area contributed by atoms with E-state index in [0.29, 0.717) is 42.8 Å². The van der Waals surface area contributed by atoms with Crippen LogP contribution in [0.5, 0.6) is 5.75 Å². The zero-order valence-electron chi connectivity index (χ0n) is 11.9. The molecule has 0 aromatic heterocycles. The summed E-state index contributed by atoms with van der Waals surface area (Å²) in [4.78, 5) is 10.6. The number of carboxylic acids is 1. The molecule has 1 aromatic carbocycles. The first-order valence-corrected chi connectivity index (χ1v) is 6.92. The number of carboxylic acid groups (broad SMARTS) is 1. The zero-order valence-corrected chi connectivity index (χ0v) is 12.6. The van der Waals surface area contributed by atoms with Crippen LogP contribution in [0.1, 0.15) is 12.0 Å². The van der Waals surface area contributed by atoms with Crippen molar-refractivity contribution in [3.63, 3.8) is 0 Å². The maximum atomic E-state index is 10.6. The van der Waals surface area contributed by atoms with Gasteiger partial charge in [-0.3, -0.25) is 0 Å². The third-order valence-electron chi connectivity index (χ3n) is 2.53. The van der Waals surface area contributed by atoms with Crippen molar-refractivity contribution in [1.82, 2.24) is 0 Å². The van der Waals surface area contributed by atoms with Gasteiger partial charge in [0.2, 0.25) is 0 Å². The van der Waals surface area contributed by atoms with Gasteiger partial charge < -0.3 is 19.3 Å². The summed E-state index contributed by atoms with van der Waals surface area (Å²) in [5.41, 5.74) is 0.543. The molecule has 21 heavy (non-hydrogen) atoms. The Morgan fingerprint density at radius 2 is 2.10 bits per heavy atom. The van der Waals surface area contributed by atoms with E-state index in [-0.39, 0.29) is 0 Å². The van der Waals surface area contributed by atoms with Gasteiger partial charge in [-0.05, 0) is 24.6 Å². The molecule has 5 nitrogen and oxygen atoms in total. The number of rotatable bonds is 10. The molecule has 1 aromatic rings. The highest BCUT2D eigenvalue weighted by molar-refractivity contribution is 6.32. The Kier molecular flexibility index (Phi) is 8.50. The Morgan fingerprint density at radius 1 is 1.29 bits per heavy atom. The van der Waals surface area contributed by atoms with Gasteiger partial charge in [0.15, 0.2) is 0 Å². The number of methoxy groups -OCH3 is 1. The first-order chi connectivity index (χ1) is 10.1. The number of ether oxygens (including phenoxy) is 3. The highest BCUT2D eigenvalue weighted by Crippen LogP contribution is 2.27. The quantitative estimate of drug-likeness (QED) is 0.531. The summed E-state index contributed by atoms with van der Waals surface area (Å²) in [6, 6.07) is 5.16. The lowest BCUT2D eigenvalue weighted by Gasteiger charge is -2.10. The maximum absolute atomic E-state index is 10.6. The topological polar surface area (TPSA) is 65.0 Å². The molecule has 1 N–H and O–H groups in total. The monoisotopic (exact) mass is 314 g/mol. The second-order valence-electron chi connectivity index (χ2n) is 4.13. The second kappa shape index (κ2) is 10.2. The first-order valence-electron chi connectivity index (χ1n) is 6.54. The molecule has 0 aliphatic heterocycles. The fraction of sp³-hybridized carbons (Fsp3) is 0.400. The van der Waals surface area contributed by atoms with Crippen LogP contribution in [-0.2, 0) is 14.3 Å². The van der Waals surface area contributed by atoms with E-state index >= 15 is 0 Å². The Morgan fingerprint density at radius 3 is 2.81 bits per heavy atom. The lowest BCUT2D eigenvalue weighted by Crippen LogP contribution is -2.09. The molecule has 0 unspecified atom stereocenters. The average Bonchev–Trinajstić information content (AvgIpc) is 2.45. The Labute approximate surface area is 129 Å². The number of carbonyl (C=O) groups is 1. The molecule has 0 aliphatic carbocycles. The van der Waals surface area contributed by atoms with Crippen molar-refractivity contribution in [2.45, 2.75) is 6.42 Å². The van der Waals surface area contributed by atoms with Gasteiger partial charge in [-0.2, -0.15) is 0 Å². The number of benzene rings is 1. The van der Waals surface area contributed by atoms with Crippen molar-refractivity contribution >= 4 is 23.6 Å². The third-order valence-corrected chi connectivity index (χ3v) is 2.86. The number of hydrogen-bond donors (Lipinski definition) is 1. The van der Waals surface area contributed by atoms with E-state index in [0.717, 1.165) is 12.5 Å². The van der Waals surface area contributed by atoms with Crippen molar-refractivity contribution in [3.05, 3.63) is 34.9 Å². The van der Waals surface area contributed by atoms with E-state index in [1.807, 2.05) is 0 Å². The Bertz CT molecular complexity index is 473. The van der Waals surface area contributed by atoms with Crippen LogP contribution < -0.4 is 4.74 Å². The largest absolute Gasteiger partial charge is 0.491 e. The van der Waals surface area contributed by atoms with E-state index in [1.165, 1.54) is 6.08 Å². The van der Waals surface area contributed by atoms with Gasteiger partial charge in [-0.15, -0.1) is 0 Å². The molecular weight excluding hydrogens is 296 g/mol. The molecule has 0 bridgehead atoms. The zero-order chi connectivity index (χ0) is 15.5. The van der Waals surface area contributed by atoms with E-state index in [9.17, 15) is 4.79 Å². The fourth-order valence-corrected chi connectivity index (χ4v) is 1.81. The molecule has 0 fully saturated rings. The fourth-order valence-electron chi connectivity index (χ4n) is 1.58. The lowest BCUT2D eigenvalue weighted by atomic mass is 10.2. The Balaban J connectivity index is 2.47. The van der Waals surface area contributed by atoms with Crippen molar-refractivity contribution in [2.75, 3.05) is 33.5 Å². The van der Waals surface area contributed by atoms with E-state index in [4.69, 9.17) is 30.9 Å². The van der Waals surface area contributed by atoms with Gasteiger partial charge in [0, 0.05) is 32.0 Å². The summed E-state index contributed by atoms with van der Waals surface area (Å²) in [6.45, 7) is 2.08. The highest BCUT2D eigenvalue weighted by atomic mass is 35.5. The van der Waals surface area contributed by atoms with Crippen LogP contribution in [0.4, 0.5) is 0 Å². The van der Waals surface area contributed by atoms with Crippen molar-refractivity contribution in [3.8, 4) is 5.75 Å². The van der Waals surface area contributed by atoms with Crippen LogP contribution in [0.15, 0.2) is 24.3 Å². The molecule has 1 rings (SSSR count). The molecule has 0 heterocycles. The number of aliphatic carboxylic acids is 1. The minimum atomic E-state index is -1.04. The third kappa shape index (κ3) is 7.13. The summed E-state index contributed by atoms with van der Waals surface area (Å²) in [7, 11) is 1.65. The summed E-state index contributed by atoms with van der Waals surface area (Å²) in [5.74, 6) is -0.511. The predicted molar refractivity (Wildman–Crippen MR) is 80.9 cm³/mol. The van der Waals surface area contributed by atoms with Gasteiger partial charge in [0.25, 0.3) is 0 Å². The molecule has 0 radical (unpaired) electrons. The summed E-state index contributed by atoms with van der Waals surface area (Å²) in [6.07, 6.45) is 3.27. The first kappa shape index (κ1) is 17.5. The van der Waals surface area contributed by atoms with Gasteiger partial charge in [-0.25, -0.2) is 4.79 Å². The van der Waals surface area contributed by atoms with Gasteiger partial charge >= 0.3 is 5.97 Å². The van der Waals surface area contributed by atoms with Crippen LogP contribution in [0.25, 0.3) is 6.08 Å². The number of hydrogen-bond acceptors (Lipinski definition) is 4. The SMILES string of the molecule is COCCCOCCOc1cccc(Cl)c1/C=C/C(=O)O. The van der Waals surface area contributed by atoms with Crippen LogP contribution in [-0.4, -0.2) is 44.6 Å². The normalized spacial score (nSPS) is 11.0. The van der Waals surface area contributed by atoms with Gasteiger partial charge in [0.1, 0.15) is 12.4 Å². The van der Waals surface area contributed by atoms with Crippen molar-refractivity contribution in [1.29, 1.82) is 0 Å². The van der Waals surface area contributed by atoms with Crippen LogP contribution >= 0.6 is 11.6 Å². The van der Waals surface area contributed by atoms with Crippen molar-refractivity contribution in [2.24, 2.45) is 0 Å². The minimum absolute atomic E-state index is 0.362. The summed E-state index contributed by atoms with van der Waals surface area (Å²) < 4.78 is 15.9. The lowest BCUT2D eigenvalue weighted by molar-refractivity contribution is -0.131. The van der Waals surface area contributed by atoms with Crippen LogP contribution in [0, 0.1) is 0 Å². The Hall–Kier alpha value is -1.56. The highest BCUT2D eigenvalue weighted by Gasteiger charge is 2.06.